The molecule has 0 aromatic carbocycles. The van der Waals surface area contributed by atoms with Crippen LogP contribution >= 0.6 is 12.2 Å². The van der Waals surface area contributed by atoms with Crippen molar-refractivity contribution in [1.29, 1.82) is 0 Å². The highest BCUT2D eigenvalue weighted by Crippen LogP contribution is 2.29. The average molecular weight is 371 g/mol. The SMILES string of the molecule is C/C(=N\C(=S)N1CCC(NC(=O)OC(C)(C)C)CC(C)(C)C1)N(C)C. The number of rotatable bonds is 1. The standard InChI is InChI=1S/C18H34N4O2S/c1-13(21(7)8)19-15(25)22-10-9-14(11-18(5,6)12-22)20-16(23)24-17(2,3)4/h14H,9-12H2,1-8H3,(H,20,23)/b19-13+. The minimum atomic E-state index is -0.490. The quantitative estimate of drug-likeness (QED) is 0.436. The molecule has 0 spiro atoms. The van der Waals surface area contributed by atoms with Crippen molar-refractivity contribution in [2.45, 2.75) is 66.0 Å². The van der Waals surface area contributed by atoms with E-state index in [0.717, 1.165) is 31.8 Å². The molecule has 1 saturated heterocycles. The molecule has 1 unspecified atom stereocenters. The molecule has 1 N–H and O–H groups in total. The lowest BCUT2D eigenvalue weighted by molar-refractivity contribution is 0.0493. The molecule has 1 heterocycles. The third-order valence-corrected chi connectivity index (χ3v) is 4.41. The molecule has 1 fully saturated rings. The zero-order valence-corrected chi connectivity index (χ0v) is 17.8. The molecule has 0 aromatic rings. The van der Waals surface area contributed by atoms with Gasteiger partial charge in [-0.2, -0.15) is 0 Å². The number of hydrogen-bond donors (Lipinski definition) is 1. The zero-order chi connectivity index (χ0) is 19.4. The van der Waals surface area contributed by atoms with Crippen LogP contribution in [0.4, 0.5) is 4.79 Å². The molecule has 1 aliphatic rings. The molecule has 1 rings (SSSR count). The van der Waals surface area contributed by atoms with Crippen molar-refractivity contribution in [3.63, 3.8) is 0 Å². The molecule has 1 atom stereocenters. The second-order valence-electron chi connectivity index (χ2n) is 8.76. The van der Waals surface area contributed by atoms with E-state index in [-0.39, 0.29) is 17.6 Å². The Kier molecular flexibility index (Phi) is 7.23. The summed E-state index contributed by atoms with van der Waals surface area (Å²) in [7, 11) is 3.91. The minimum absolute atomic E-state index is 0.0157. The number of likely N-dealkylation sites (tertiary alicyclic amines) is 1. The van der Waals surface area contributed by atoms with Gasteiger partial charge in [0.05, 0.1) is 0 Å². The number of thiocarbonyl (C=S) groups is 1. The van der Waals surface area contributed by atoms with Crippen LogP contribution in [0.5, 0.6) is 0 Å². The lowest BCUT2D eigenvalue weighted by atomic mass is 9.86. The van der Waals surface area contributed by atoms with Crippen molar-refractivity contribution in [3.8, 4) is 0 Å². The van der Waals surface area contributed by atoms with Gasteiger partial charge in [0, 0.05) is 33.2 Å². The van der Waals surface area contributed by atoms with Gasteiger partial charge < -0.3 is 19.9 Å². The average Bonchev–Trinajstić information content (AvgIpc) is 2.54. The van der Waals surface area contributed by atoms with Gasteiger partial charge in [0.25, 0.3) is 0 Å². The summed E-state index contributed by atoms with van der Waals surface area (Å²) in [4.78, 5) is 20.7. The normalized spacial score (nSPS) is 21.4. The predicted octanol–water partition coefficient (Wildman–Crippen LogP) is 3.27. The Morgan fingerprint density at radius 2 is 1.96 bits per heavy atom. The van der Waals surface area contributed by atoms with Gasteiger partial charge in [-0.1, -0.05) is 13.8 Å². The van der Waals surface area contributed by atoms with Crippen molar-refractivity contribution in [2.75, 3.05) is 27.2 Å². The van der Waals surface area contributed by atoms with E-state index in [2.05, 4.69) is 29.1 Å². The summed E-state index contributed by atoms with van der Waals surface area (Å²) in [5.41, 5.74) is -0.474. The predicted molar refractivity (Wildman–Crippen MR) is 107 cm³/mol. The Morgan fingerprint density at radius 3 is 2.48 bits per heavy atom. The summed E-state index contributed by atoms with van der Waals surface area (Å²) in [6.07, 6.45) is 1.34. The smallest absolute Gasteiger partial charge is 0.407 e. The molecule has 1 aliphatic heterocycles. The van der Waals surface area contributed by atoms with E-state index in [1.165, 1.54) is 0 Å². The van der Waals surface area contributed by atoms with Gasteiger partial charge in [0.2, 0.25) is 0 Å². The first-order valence-electron chi connectivity index (χ1n) is 8.80. The third kappa shape index (κ3) is 8.03. The van der Waals surface area contributed by atoms with Crippen LogP contribution < -0.4 is 5.32 Å². The van der Waals surface area contributed by atoms with E-state index in [1.807, 2.05) is 46.7 Å². The molecular formula is C18H34N4O2S. The zero-order valence-electron chi connectivity index (χ0n) is 17.0. The summed E-state index contributed by atoms with van der Waals surface area (Å²) < 4.78 is 5.39. The molecule has 144 valence electrons. The maximum atomic E-state index is 12.1. The van der Waals surface area contributed by atoms with Gasteiger partial charge in [-0.25, -0.2) is 9.79 Å². The lowest BCUT2D eigenvalue weighted by Crippen LogP contribution is -2.41. The van der Waals surface area contributed by atoms with Crippen molar-refractivity contribution >= 4 is 29.3 Å². The van der Waals surface area contributed by atoms with E-state index in [9.17, 15) is 4.79 Å². The van der Waals surface area contributed by atoms with E-state index >= 15 is 0 Å². The highest BCUT2D eigenvalue weighted by Gasteiger charge is 2.32. The topological polar surface area (TPSA) is 57.2 Å². The van der Waals surface area contributed by atoms with Crippen molar-refractivity contribution in [1.82, 2.24) is 15.1 Å². The fourth-order valence-corrected chi connectivity index (χ4v) is 3.10. The highest BCUT2D eigenvalue weighted by atomic mass is 32.1. The Morgan fingerprint density at radius 1 is 1.36 bits per heavy atom. The number of aliphatic imine (C=N–C) groups is 1. The number of carbonyl (C=O) groups excluding carboxylic acids is 1. The summed E-state index contributed by atoms with van der Waals surface area (Å²) in [5.74, 6) is 0.885. The molecule has 0 bridgehead atoms. The van der Waals surface area contributed by atoms with Crippen LogP contribution in [0.2, 0.25) is 0 Å². The number of ether oxygens (including phenoxy) is 1. The summed E-state index contributed by atoms with van der Waals surface area (Å²) in [6.45, 7) is 13.5. The molecule has 0 saturated carbocycles. The monoisotopic (exact) mass is 370 g/mol. The Labute approximate surface area is 158 Å². The van der Waals surface area contributed by atoms with Crippen LogP contribution in [0.25, 0.3) is 0 Å². The second-order valence-corrected chi connectivity index (χ2v) is 9.12. The van der Waals surface area contributed by atoms with Gasteiger partial charge in [-0.15, -0.1) is 0 Å². The number of nitrogens with one attached hydrogen (secondary N) is 1. The lowest BCUT2D eigenvalue weighted by Gasteiger charge is -2.31. The number of amidine groups is 1. The summed E-state index contributed by atoms with van der Waals surface area (Å²) in [5, 5.41) is 3.62. The first-order valence-corrected chi connectivity index (χ1v) is 9.21. The molecule has 25 heavy (non-hydrogen) atoms. The maximum Gasteiger partial charge on any atom is 0.407 e. The van der Waals surface area contributed by atoms with E-state index in [4.69, 9.17) is 17.0 Å². The minimum Gasteiger partial charge on any atom is -0.444 e. The van der Waals surface area contributed by atoms with Crippen LogP contribution in [-0.2, 0) is 4.74 Å². The summed E-state index contributed by atoms with van der Waals surface area (Å²) >= 11 is 5.53. The fourth-order valence-electron chi connectivity index (χ4n) is 2.81. The maximum absolute atomic E-state index is 12.1. The van der Waals surface area contributed by atoms with Crippen molar-refractivity contribution in [2.24, 2.45) is 10.4 Å². The number of hydrogen-bond acceptors (Lipinski definition) is 3. The first-order chi connectivity index (χ1) is 11.3. The number of alkyl carbamates (subject to hydrolysis) is 1. The Balaban J connectivity index is 2.76. The second kappa shape index (κ2) is 8.34. The van der Waals surface area contributed by atoms with Crippen LogP contribution in [0.3, 0.4) is 0 Å². The largest absolute Gasteiger partial charge is 0.444 e. The van der Waals surface area contributed by atoms with Gasteiger partial charge in [0.15, 0.2) is 5.11 Å². The first kappa shape index (κ1) is 21.7. The van der Waals surface area contributed by atoms with Crippen molar-refractivity contribution < 1.29 is 9.53 Å². The number of nitrogens with zero attached hydrogens (tertiary/aromatic N) is 3. The van der Waals surface area contributed by atoms with Crippen LogP contribution in [0.1, 0.15) is 54.4 Å². The fraction of sp³-hybridized carbons (Fsp3) is 0.833. The number of carbonyl (C=O) groups is 1. The van der Waals surface area contributed by atoms with Gasteiger partial charge in [-0.3, -0.25) is 0 Å². The van der Waals surface area contributed by atoms with Gasteiger partial charge in [0.1, 0.15) is 11.4 Å². The molecule has 0 aromatic heterocycles. The molecular weight excluding hydrogens is 336 g/mol. The number of amides is 1. The molecule has 1 amide bonds. The highest BCUT2D eigenvalue weighted by molar-refractivity contribution is 7.80. The molecule has 0 aliphatic carbocycles. The van der Waals surface area contributed by atoms with Crippen LogP contribution in [0.15, 0.2) is 4.99 Å². The van der Waals surface area contributed by atoms with Crippen LogP contribution in [0, 0.1) is 5.41 Å². The van der Waals surface area contributed by atoms with E-state index in [0.29, 0.717) is 5.11 Å². The Bertz CT molecular complexity index is 524. The van der Waals surface area contributed by atoms with E-state index in [1.54, 1.807) is 0 Å². The van der Waals surface area contributed by atoms with Crippen LogP contribution in [-0.4, -0.2) is 65.7 Å². The third-order valence-electron chi connectivity index (χ3n) is 4.06. The summed E-state index contributed by atoms with van der Waals surface area (Å²) in [6, 6.07) is 0.0663. The molecule has 7 heteroatoms. The molecule has 0 radical (unpaired) electrons. The molecule has 6 nitrogen and oxygen atoms in total. The Hall–Kier alpha value is -1.37. The van der Waals surface area contributed by atoms with Gasteiger partial charge in [-0.05, 0) is 58.2 Å². The van der Waals surface area contributed by atoms with Crippen molar-refractivity contribution in [3.05, 3.63) is 0 Å². The van der Waals surface area contributed by atoms with Gasteiger partial charge >= 0.3 is 6.09 Å². The van der Waals surface area contributed by atoms with E-state index < -0.39 is 5.60 Å².